The molecular formula is C11H12CrO2. The Labute approximate surface area is 92.1 Å². The summed E-state index contributed by atoms with van der Waals surface area (Å²) in [6.07, 6.45) is 3.80. The van der Waals surface area contributed by atoms with Gasteiger partial charge in [0, 0.05) is 0 Å². The Morgan fingerprint density at radius 1 is 1.29 bits per heavy atom. The molecule has 2 nitrogen and oxygen atoms in total. The van der Waals surface area contributed by atoms with E-state index in [4.69, 9.17) is 9.47 Å². The van der Waals surface area contributed by atoms with Crippen molar-refractivity contribution in [3.63, 3.8) is 0 Å². The fraction of sp³-hybridized carbons (Fsp3) is 0.182. The van der Waals surface area contributed by atoms with E-state index in [2.05, 4.69) is 15.9 Å². The Morgan fingerprint density at radius 3 is 2.64 bits per heavy atom. The van der Waals surface area contributed by atoms with Gasteiger partial charge in [-0.25, -0.2) is 0 Å². The van der Waals surface area contributed by atoms with Crippen LogP contribution < -0.4 is 4.74 Å². The number of rotatable bonds is 4. The third-order valence-electron chi connectivity index (χ3n) is 1.74. The van der Waals surface area contributed by atoms with Crippen molar-refractivity contribution in [2.45, 2.75) is 0 Å². The molecule has 0 radical (unpaired) electrons. The first-order valence-electron chi connectivity index (χ1n) is 4.17. The van der Waals surface area contributed by atoms with Crippen molar-refractivity contribution in [2.75, 3.05) is 14.2 Å². The standard InChI is InChI=1S/C11H12O2.Cr/c1-12-9-5-7-10-6-3-4-8-11(10)13-2;/h3-8H,1-2H3;/b7-5+;. The van der Waals surface area contributed by atoms with Gasteiger partial charge in [-0.3, -0.25) is 0 Å². The van der Waals surface area contributed by atoms with Crippen LogP contribution in [0.3, 0.4) is 0 Å². The van der Waals surface area contributed by atoms with Gasteiger partial charge in [-0.15, -0.1) is 0 Å². The van der Waals surface area contributed by atoms with Crippen molar-refractivity contribution < 1.29 is 25.3 Å². The van der Waals surface area contributed by atoms with Gasteiger partial charge in [-0.05, 0) is 0 Å². The average molecular weight is 228 g/mol. The van der Waals surface area contributed by atoms with Crippen LogP contribution in [0.1, 0.15) is 5.56 Å². The SMILES string of the molecule is CO[C](=[Cr])/C=C/c1ccccc1OC. The van der Waals surface area contributed by atoms with Crippen molar-refractivity contribution in [3.8, 4) is 5.75 Å². The molecule has 1 aromatic rings. The molecule has 0 atom stereocenters. The van der Waals surface area contributed by atoms with Gasteiger partial charge in [0.15, 0.2) is 0 Å². The molecule has 0 spiro atoms. The summed E-state index contributed by atoms with van der Waals surface area (Å²) in [6.45, 7) is 0. The molecule has 0 saturated carbocycles. The van der Waals surface area contributed by atoms with Gasteiger partial charge in [0.2, 0.25) is 0 Å². The van der Waals surface area contributed by atoms with Crippen LogP contribution in [-0.4, -0.2) is 18.8 Å². The summed E-state index contributed by atoms with van der Waals surface area (Å²) in [5.41, 5.74) is 1.03. The van der Waals surface area contributed by atoms with Crippen molar-refractivity contribution in [1.29, 1.82) is 0 Å². The Bertz CT molecular complexity index is 345. The van der Waals surface area contributed by atoms with E-state index in [1.807, 2.05) is 36.4 Å². The number of methoxy groups -OCH3 is 2. The molecule has 0 fully saturated rings. The molecule has 14 heavy (non-hydrogen) atoms. The zero-order valence-electron chi connectivity index (χ0n) is 8.19. The van der Waals surface area contributed by atoms with E-state index in [1.165, 1.54) is 0 Å². The fourth-order valence-electron chi connectivity index (χ4n) is 1.03. The molecular weight excluding hydrogens is 216 g/mol. The van der Waals surface area contributed by atoms with E-state index in [9.17, 15) is 0 Å². The molecule has 3 heteroatoms. The predicted molar refractivity (Wildman–Crippen MR) is 54.0 cm³/mol. The Morgan fingerprint density at radius 2 is 2.00 bits per heavy atom. The van der Waals surface area contributed by atoms with Gasteiger partial charge in [-0.1, -0.05) is 0 Å². The second-order valence-corrected chi connectivity index (χ2v) is 3.23. The van der Waals surface area contributed by atoms with Gasteiger partial charge in [-0.2, -0.15) is 0 Å². The van der Waals surface area contributed by atoms with Crippen LogP contribution >= 0.6 is 0 Å². The predicted octanol–water partition coefficient (Wildman–Crippen LogP) is 2.03. The second-order valence-electron chi connectivity index (χ2n) is 2.60. The first-order chi connectivity index (χ1) is 6.77. The van der Waals surface area contributed by atoms with E-state index in [0.717, 1.165) is 15.9 Å². The topological polar surface area (TPSA) is 18.5 Å². The van der Waals surface area contributed by atoms with E-state index in [1.54, 1.807) is 14.2 Å². The fourth-order valence-corrected chi connectivity index (χ4v) is 1.14. The zero-order valence-corrected chi connectivity index (χ0v) is 9.46. The second kappa shape index (κ2) is 5.77. The van der Waals surface area contributed by atoms with Gasteiger partial charge < -0.3 is 0 Å². The first-order valence-corrected chi connectivity index (χ1v) is 4.80. The van der Waals surface area contributed by atoms with Gasteiger partial charge >= 0.3 is 91.8 Å². The summed E-state index contributed by atoms with van der Waals surface area (Å²) < 4.78 is 10.9. The average Bonchev–Trinajstić information content (AvgIpc) is 2.26. The number of hydrogen-bond donors (Lipinski definition) is 0. The van der Waals surface area contributed by atoms with E-state index >= 15 is 0 Å². The molecule has 0 aliphatic carbocycles. The maximum absolute atomic E-state index is 5.20. The van der Waals surface area contributed by atoms with Crippen LogP contribution in [0.15, 0.2) is 30.3 Å². The molecule has 0 aliphatic rings. The molecule has 0 aromatic heterocycles. The van der Waals surface area contributed by atoms with Gasteiger partial charge in [0.05, 0.1) is 0 Å². The minimum atomic E-state index is 0.746. The summed E-state index contributed by atoms with van der Waals surface area (Å²) in [5.74, 6) is 0.854. The summed E-state index contributed by atoms with van der Waals surface area (Å²) in [4.78, 5) is 0. The maximum atomic E-state index is 5.20. The van der Waals surface area contributed by atoms with Crippen LogP contribution in [0.5, 0.6) is 5.75 Å². The first kappa shape index (κ1) is 11.2. The Hall–Kier alpha value is -0.878. The summed E-state index contributed by atoms with van der Waals surface area (Å²) >= 11 is 2.80. The number of ether oxygens (including phenoxy) is 2. The van der Waals surface area contributed by atoms with Crippen LogP contribution in [0, 0.1) is 0 Å². The molecule has 0 saturated heterocycles. The molecule has 0 amide bonds. The van der Waals surface area contributed by atoms with E-state index in [0.29, 0.717) is 0 Å². The molecule has 0 heterocycles. The van der Waals surface area contributed by atoms with Gasteiger partial charge in [0.25, 0.3) is 0 Å². The molecule has 1 rings (SSSR count). The molecule has 1 aromatic carbocycles. The summed E-state index contributed by atoms with van der Waals surface area (Å²) in [5, 5.41) is 0. The van der Waals surface area contributed by atoms with Crippen LogP contribution in [-0.2, 0) is 20.6 Å². The Kier molecular flexibility index (Phi) is 4.61. The molecule has 0 bridgehead atoms. The zero-order chi connectivity index (χ0) is 10.4. The minimum absolute atomic E-state index is 0.746. The summed E-state index contributed by atoms with van der Waals surface area (Å²) in [6, 6.07) is 7.81. The van der Waals surface area contributed by atoms with Crippen LogP contribution in [0.25, 0.3) is 6.08 Å². The third kappa shape index (κ3) is 3.12. The summed E-state index contributed by atoms with van der Waals surface area (Å²) in [7, 11) is 3.28. The van der Waals surface area contributed by atoms with Crippen molar-refractivity contribution in [1.82, 2.24) is 0 Å². The van der Waals surface area contributed by atoms with E-state index in [-0.39, 0.29) is 0 Å². The van der Waals surface area contributed by atoms with Crippen LogP contribution in [0.2, 0.25) is 0 Å². The van der Waals surface area contributed by atoms with Crippen molar-refractivity contribution >= 4 is 10.6 Å². The van der Waals surface area contributed by atoms with Crippen molar-refractivity contribution in [3.05, 3.63) is 35.9 Å². The van der Waals surface area contributed by atoms with Gasteiger partial charge in [0.1, 0.15) is 0 Å². The van der Waals surface area contributed by atoms with Crippen molar-refractivity contribution in [2.24, 2.45) is 0 Å². The van der Waals surface area contributed by atoms with E-state index < -0.39 is 0 Å². The molecule has 0 N–H and O–H groups in total. The molecule has 0 unspecified atom stereocenters. The third-order valence-corrected chi connectivity index (χ3v) is 2.21. The number of para-hydroxylation sites is 1. The number of benzene rings is 1. The monoisotopic (exact) mass is 228 g/mol. The quantitative estimate of drug-likeness (QED) is 0.785. The van der Waals surface area contributed by atoms with Crippen LogP contribution in [0.4, 0.5) is 0 Å². The Balaban J connectivity index is 2.85. The number of hydrogen-bond acceptors (Lipinski definition) is 2. The molecule has 0 aliphatic heterocycles. The molecule has 74 valence electrons. The normalized spacial score (nSPS) is 10.4.